The van der Waals surface area contributed by atoms with Crippen molar-refractivity contribution in [3.05, 3.63) is 64.4 Å². The molecule has 0 unspecified atom stereocenters. The summed E-state index contributed by atoms with van der Waals surface area (Å²) in [6, 6.07) is 9.62. The van der Waals surface area contributed by atoms with Gasteiger partial charge in [-0.05, 0) is 35.4 Å². The van der Waals surface area contributed by atoms with Gasteiger partial charge in [-0.3, -0.25) is 0 Å². The van der Waals surface area contributed by atoms with Crippen LogP contribution in [0.3, 0.4) is 0 Å². The highest BCUT2D eigenvalue weighted by Crippen LogP contribution is 2.21. The van der Waals surface area contributed by atoms with Gasteiger partial charge in [0.05, 0.1) is 11.5 Å². The minimum atomic E-state index is -3.73. The molecule has 0 aliphatic carbocycles. The van der Waals surface area contributed by atoms with Gasteiger partial charge in [-0.25, -0.2) is 17.5 Å². The Morgan fingerprint density at radius 2 is 1.81 bits per heavy atom. The van der Waals surface area contributed by atoms with Crippen LogP contribution in [-0.2, 0) is 23.2 Å². The number of rotatable bonds is 5. The molecule has 0 saturated heterocycles. The zero-order chi connectivity index (χ0) is 15.5. The molecule has 0 fully saturated rings. The van der Waals surface area contributed by atoms with Crippen LogP contribution >= 0.6 is 11.6 Å². The summed E-state index contributed by atoms with van der Waals surface area (Å²) in [4.78, 5) is 0.00631. The standard InChI is InChI=1S/C14H13ClFNO3S/c15-14-7-13(6-3-11(14)9-18)21(19,20)17-8-10-1-4-12(16)5-2-10/h1-7,17-18H,8-9H2. The van der Waals surface area contributed by atoms with E-state index in [0.29, 0.717) is 11.1 Å². The summed E-state index contributed by atoms with van der Waals surface area (Å²) in [6.07, 6.45) is 0. The molecule has 2 N–H and O–H groups in total. The highest BCUT2D eigenvalue weighted by atomic mass is 35.5. The van der Waals surface area contributed by atoms with Crippen molar-refractivity contribution in [2.24, 2.45) is 0 Å². The number of hydrogen-bond donors (Lipinski definition) is 2. The summed E-state index contributed by atoms with van der Waals surface area (Å²) >= 11 is 5.88. The molecule has 0 aromatic heterocycles. The summed E-state index contributed by atoms with van der Waals surface area (Å²) < 4.78 is 39.4. The van der Waals surface area contributed by atoms with Crippen molar-refractivity contribution in [2.75, 3.05) is 0 Å². The minimum absolute atomic E-state index is 0.00631. The molecule has 21 heavy (non-hydrogen) atoms. The number of nitrogens with one attached hydrogen (secondary N) is 1. The van der Waals surface area contributed by atoms with Crippen LogP contribution in [0.4, 0.5) is 4.39 Å². The topological polar surface area (TPSA) is 66.4 Å². The molecule has 0 saturated carbocycles. The predicted octanol–water partition coefficient (Wildman–Crippen LogP) is 2.45. The lowest BCUT2D eigenvalue weighted by atomic mass is 10.2. The maximum atomic E-state index is 12.8. The normalized spacial score (nSPS) is 11.6. The van der Waals surface area contributed by atoms with E-state index in [-0.39, 0.29) is 28.9 Å². The van der Waals surface area contributed by atoms with E-state index in [1.807, 2.05) is 0 Å². The van der Waals surface area contributed by atoms with Gasteiger partial charge in [-0.1, -0.05) is 29.8 Å². The van der Waals surface area contributed by atoms with E-state index >= 15 is 0 Å². The average molecular weight is 330 g/mol. The maximum Gasteiger partial charge on any atom is 0.240 e. The lowest BCUT2D eigenvalue weighted by molar-refractivity contribution is 0.282. The lowest BCUT2D eigenvalue weighted by Gasteiger charge is -2.08. The van der Waals surface area contributed by atoms with E-state index in [1.165, 1.54) is 42.5 Å². The summed E-state index contributed by atoms with van der Waals surface area (Å²) in [6.45, 7) is -0.218. The summed E-state index contributed by atoms with van der Waals surface area (Å²) in [5.74, 6) is -0.381. The molecule has 2 aromatic carbocycles. The first-order valence-corrected chi connectivity index (χ1v) is 7.92. The second kappa shape index (κ2) is 6.53. The van der Waals surface area contributed by atoms with Gasteiger partial charge in [0.25, 0.3) is 0 Å². The number of aliphatic hydroxyl groups is 1. The minimum Gasteiger partial charge on any atom is -0.392 e. The molecular formula is C14H13ClFNO3S. The van der Waals surface area contributed by atoms with Crippen molar-refractivity contribution in [1.29, 1.82) is 0 Å². The quantitative estimate of drug-likeness (QED) is 0.885. The van der Waals surface area contributed by atoms with Crippen LogP contribution in [0.2, 0.25) is 5.02 Å². The predicted molar refractivity (Wildman–Crippen MR) is 77.8 cm³/mol. The van der Waals surface area contributed by atoms with E-state index in [1.54, 1.807) is 0 Å². The molecular weight excluding hydrogens is 317 g/mol. The van der Waals surface area contributed by atoms with Crippen LogP contribution in [0.15, 0.2) is 47.4 Å². The largest absolute Gasteiger partial charge is 0.392 e. The average Bonchev–Trinajstić information content (AvgIpc) is 2.46. The third kappa shape index (κ3) is 4.01. The highest BCUT2D eigenvalue weighted by Gasteiger charge is 2.15. The van der Waals surface area contributed by atoms with Crippen LogP contribution in [-0.4, -0.2) is 13.5 Å². The van der Waals surface area contributed by atoms with Crippen molar-refractivity contribution in [3.63, 3.8) is 0 Å². The van der Waals surface area contributed by atoms with Crippen LogP contribution in [0, 0.1) is 5.82 Å². The molecule has 4 nitrogen and oxygen atoms in total. The third-order valence-electron chi connectivity index (χ3n) is 2.88. The van der Waals surface area contributed by atoms with Gasteiger partial charge >= 0.3 is 0 Å². The third-order valence-corrected chi connectivity index (χ3v) is 4.64. The molecule has 0 radical (unpaired) electrons. The first kappa shape index (κ1) is 15.9. The number of aliphatic hydroxyl groups excluding tert-OH is 1. The number of sulfonamides is 1. The van der Waals surface area contributed by atoms with Gasteiger partial charge in [-0.2, -0.15) is 0 Å². The van der Waals surface area contributed by atoms with E-state index in [4.69, 9.17) is 16.7 Å². The Labute approximate surface area is 127 Å². The van der Waals surface area contributed by atoms with Crippen molar-refractivity contribution < 1.29 is 17.9 Å². The highest BCUT2D eigenvalue weighted by molar-refractivity contribution is 7.89. The number of benzene rings is 2. The van der Waals surface area contributed by atoms with Crippen molar-refractivity contribution in [3.8, 4) is 0 Å². The van der Waals surface area contributed by atoms with Gasteiger partial charge in [0.15, 0.2) is 0 Å². The molecule has 0 aliphatic rings. The van der Waals surface area contributed by atoms with Gasteiger partial charge in [0.2, 0.25) is 10.0 Å². The van der Waals surface area contributed by atoms with Crippen LogP contribution in [0.1, 0.15) is 11.1 Å². The fourth-order valence-electron chi connectivity index (χ4n) is 1.69. The molecule has 2 aromatic rings. The Bertz CT molecular complexity index is 732. The van der Waals surface area contributed by atoms with E-state index in [9.17, 15) is 12.8 Å². The van der Waals surface area contributed by atoms with Gasteiger partial charge in [0.1, 0.15) is 5.82 Å². The molecule has 112 valence electrons. The molecule has 0 bridgehead atoms. The summed E-state index contributed by atoms with van der Waals surface area (Å²) in [5.41, 5.74) is 1.09. The summed E-state index contributed by atoms with van der Waals surface area (Å²) in [7, 11) is -3.73. The van der Waals surface area contributed by atoms with Crippen molar-refractivity contribution >= 4 is 21.6 Å². The van der Waals surface area contributed by atoms with Crippen LogP contribution < -0.4 is 4.72 Å². The van der Waals surface area contributed by atoms with Gasteiger partial charge < -0.3 is 5.11 Å². The second-order valence-electron chi connectivity index (χ2n) is 4.36. The smallest absolute Gasteiger partial charge is 0.240 e. The zero-order valence-corrected chi connectivity index (χ0v) is 12.5. The Hall–Kier alpha value is -1.47. The van der Waals surface area contributed by atoms with E-state index in [0.717, 1.165) is 0 Å². The van der Waals surface area contributed by atoms with Crippen LogP contribution in [0.25, 0.3) is 0 Å². The molecule has 7 heteroatoms. The molecule has 0 heterocycles. The Kier molecular flexibility index (Phi) is 4.95. The summed E-state index contributed by atoms with van der Waals surface area (Å²) in [5, 5.41) is 9.19. The van der Waals surface area contributed by atoms with Crippen molar-refractivity contribution in [1.82, 2.24) is 4.72 Å². The number of hydrogen-bond acceptors (Lipinski definition) is 3. The Morgan fingerprint density at radius 3 is 2.38 bits per heavy atom. The monoisotopic (exact) mass is 329 g/mol. The Morgan fingerprint density at radius 1 is 1.14 bits per heavy atom. The maximum absolute atomic E-state index is 12.8. The van der Waals surface area contributed by atoms with E-state index in [2.05, 4.69) is 4.72 Å². The second-order valence-corrected chi connectivity index (χ2v) is 6.54. The first-order valence-electron chi connectivity index (χ1n) is 6.06. The molecule has 0 atom stereocenters. The fourth-order valence-corrected chi connectivity index (χ4v) is 3.04. The van der Waals surface area contributed by atoms with Crippen LogP contribution in [0.5, 0.6) is 0 Å². The SMILES string of the molecule is O=S(=O)(NCc1ccc(F)cc1)c1ccc(CO)c(Cl)c1. The molecule has 0 amide bonds. The molecule has 0 spiro atoms. The van der Waals surface area contributed by atoms with Crippen molar-refractivity contribution in [2.45, 2.75) is 18.0 Å². The van der Waals surface area contributed by atoms with Gasteiger partial charge in [-0.15, -0.1) is 0 Å². The lowest BCUT2D eigenvalue weighted by Crippen LogP contribution is -2.23. The molecule has 0 aliphatic heterocycles. The fraction of sp³-hybridized carbons (Fsp3) is 0.143. The first-order chi connectivity index (χ1) is 9.92. The molecule has 2 rings (SSSR count). The number of halogens is 2. The van der Waals surface area contributed by atoms with E-state index < -0.39 is 10.0 Å². The Balaban J connectivity index is 2.14. The van der Waals surface area contributed by atoms with Gasteiger partial charge in [0, 0.05) is 11.6 Å². The zero-order valence-electron chi connectivity index (χ0n) is 10.9.